The summed E-state index contributed by atoms with van der Waals surface area (Å²) in [6.07, 6.45) is 5.39. The Morgan fingerprint density at radius 2 is 2.12 bits per heavy atom. The molecule has 25 heavy (non-hydrogen) atoms. The minimum atomic E-state index is -1.10. The number of carboxylic acids is 1. The van der Waals surface area contributed by atoms with Gasteiger partial charge in [0.1, 0.15) is 6.54 Å². The van der Waals surface area contributed by atoms with Crippen LogP contribution in [0.15, 0.2) is 51.2 Å². The van der Waals surface area contributed by atoms with Gasteiger partial charge in [0.25, 0.3) is 5.91 Å². The minimum absolute atomic E-state index is 0.412. The number of para-hydroxylation sites is 1. The molecule has 1 aliphatic rings. The number of anilines is 1. The van der Waals surface area contributed by atoms with E-state index in [1.54, 1.807) is 24.1 Å². The molecule has 0 aliphatic carbocycles. The number of carbonyl (C=O) groups excluding carboxylic acids is 1. The van der Waals surface area contributed by atoms with E-state index >= 15 is 0 Å². The van der Waals surface area contributed by atoms with Crippen LogP contribution in [0.5, 0.6) is 0 Å². The molecule has 1 N–H and O–H groups in total. The third-order valence-electron chi connectivity index (χ3n) is 3.45. The van der Waals surface area contributed by atoms with Crippen LogP contribution in [-0.2, 0) is 9.59 Å². The molecule has 8 heteroatoms. The Kier molecular flexibility index (Phi) is 7.10. The van der Waals surface area contributed by atoms with E-state index in [4.69, 9.17) is 17.3 Å². The van der Waals surface area contributed by atoms with Gasteiger partial charge >= 0.3 is 5.97 Å². The fourth-order valence-corrected chi connectivity index (χ4v) is 4.12. The van der Waals surface area contributed by atoms with Crippen LogP contribution < -0.4 is 4.90 Å². The molecule has 0 aromatic heterocycles. The maximum Gasteiger partial charge on any atom is 0.323 e. The van der Waals surface area contributed by atoms with Crippen molar-refractivity contribution >= 4 is 58.8 Å². The average Bonchev–Trinajstić information content (AvgIpc) is 2.97. The van der Waals surface area contributed by atoms with Gasteiger partial charge in [-0.3, -0.25) is 14.5 Å². The molecule has 1 amide bonds. The maximum absolute atomic E-state index is 12.4. The van der Waals surface area contributed by atoms with Gasteiger partial charge in [-0.15, -0.1) is 11.8 Å². The molecule has 5 nitrogen and oxygen atoms in total. The first kappa shape index (κ1) is 19.6. The molecular weight excluding hydrogens is 376 g/mol. The van der Waals surface area contributed by atoms with E-state index in [0.29, 0.717) is 4.91 Å². The van der Waals surface area contributed by atoms with Crippen LogP contribution in [0.3, 0.4) is 0 Å². The van der Waals surface area contributed by atoms with Gasteiger partial charge in [0.2, 0.25) is 0 Å². The molecule has 1 aromatic rings. The summed E-state index contributed by atoms with van der Waals surface area (Å²) in [5, 5.41) is 9.90. The molecule has 0 saturated carbocycles. The van der Waals surface area contributed by atoms with E-state index in [1.807, 2.05) is 18.2 Å². The molecule has 132 valence electrons. The lowest BCUT2D eigenvalue weighted by Gasteiger charge is -2.18. The number of thiocarbonyl (C=S) groups is 1. The molecule has 0 radical (unpaired) electrons. The Labute approximate surface area is 160 Å². The minimum Gasteiger partial charge on any atom is -0.480 e. The quantitative estimate of drug-likeness (QED) is 0.560. The summed E-state index contributed by atoms with van der Waals surface area (Å²) in [5.74, 6) is -1.52. The number of carbonyl (C=O) groups is 2. The summed E-state index contributed by atoms with van der Waals surface area (Å²) in [6.45, 7) is 2.44. The largest absolute Gasteiger partial charge is 0.480 e. The number of hydrogen-bond donors (Lipinski definition) is 1. The second kappa shape index (κ2) is 9.07. The van der Waals surface area contributed by atoms with Crippen LogP contribution in [-0.4, -0.2) is 46.7 Å². The van der Waals surface area contributed by atoms with Crippen molar-refractivity contribution in [2.24, 2.45) is 0 Å². The fourth-order valence-electron chi connectivity index (χ4n) is 2.32. The Balaban J connectivity index is 2.25. The van der Waals surface area contributed by atoms with E-state index in [1.165, 1.54) is 16.7 Å². The van der Waals surface area contributed by atoms with Gasteiger partial charge in [0, 0.05) is 11.4 Å². The smallest absolute Gasteiger partial charge is 0.323 e. The number of thioether (sulfide) groups is 2. The Hall–Kier alpha value is -1.77. The number of hydrogen-bond acceptors (Lipinski definition) is 6. The highest BCUT2D eigenvalue weighted by atomic mass is 32.2. The predicted octanol–water partition coefficient (Wildman–Crippen LogP) is 3.58. The lowest BCUT2D eigenvalue weighted by molar-refractivity contribution is -0.140. The molecule has 0 spiro atoms. The van der Waals surface area contributed by atoms with Gasteiger partial charge in [0.05, 0.1) is 21.1 Å². The van der Waals surface area contributed by atoms with Crippen molar-refractivity contribution in [2.75, 3.05) is 24.2 Å². The standard InChI is InChI=1S/C17H18N2O3S3/c1-3-19-12-6-4-5-7-13(12)25-15(19)9-8-14(24-2)17(22)18(11-23)10-16(20)21/h4-9,11H,3,10H2,1-2H3,(H,20,21)/b14-8+,15-9-. The molecule has 0 saturated heterocycles. The second-order valence-electron chi connectivity index (χ2n) is 4.99. The predicted molar refractivity (Wildman–Crippen MR) is 108 cm³/mol. The lowest BCUT2D eigenvalue weighted by atomic mass is 10.3. The van der Waals surface area contributed by atoms with Gasteiger partial charge in [-0.2, -0.15) is 0 Å². The number of carboxylic acid groups (broad SMARTS) is 1. The topological polar surface area (TPSA) is 60.9 Å². The highest BCUT2D eigenvalue weighted by Crippen LogP contribution is 2.45. The van der Waals surface area contributed by atoms with E-state index < -0.39 is 18.4 Å². The summed E-state index contributed by atoms with van der Waals surface area (Å²) in [6, 6.07) is 8.13. The molecule has 1 aliphatic heterocycles. The highest BCUT2D eigenvalue weighted by Gasteiger charge is 2.23. The number of benzene rings is 1. The molecule has 0 unspecified atom stereocenters. The van der Waals surface area contributed by atoms with Gasteiger partial charge in [-0.1, -0.05) is 36.1 Å². The maximum atomic E-state index is 12.4. The van der Waals surface area contributed by atoms with Crippen molar-refractivity contribution in [3.8, 4) is 0 Å². The summed E-state index contributed by atoms with van der Waals surface area (Å²) < 4.78 is 0. The zero-order valence-electron chi connectivity index (χ0n) is 13.8. The number of fused-ring (bicyclic) bond motifs is 1. The summed E-state index contributed by atoms with van der Waals surface area (Å²) >= 11 is 7.67. The summed E-state index contributed by atoms with van der Waals surface area (Å²) in [5.41, 5.74) is 2.23. The van der Waals surface area contributed by atoms with Crippen molar-refractivity contribution < 1.29 is 14.7 Å². The number of aliphatic carboxylic acids is 1. The van der Waals surface area contributed by atoms with E-state index in [0.717, 1.165) is 27.7 Å². The van der Waals surface area contributed by atoms with Crippen LogP contribution in [0.1, 0.15) is 6.92 Å². The Morgan fingerprint density at radius 3 is 2.72 bits per heavy atom. The summed E-state index contributed by atoms with van der Waals surface area (Å²) in [4.78, 5) is 28.1. The van der Waals surface area contributed by atoms with Crippen molar-refractivity contribution in [2.45, 2.75) is 11.8 Å². The molecule has 0 fully saturated rings. The SMILES string of the molecule is CCN1/C(=C/C=C(/SC)C(=O)N(C=S)CC(=O)O)Sc2ccccc21. The van der Waals surface area contributed by atoms with Crippen molar-refractivity contribution in [3.05, 3.63) is 46.4 Å². The lowest BCUT2D eigenvalue weighted by Crippen LogP contribution is -2.34. The normalized spacial score (nSPS) is 15.2. The molecule has 2 rings (SSSR count). The van der Waals surface area contributed by atoms with Crippen molar-refractivity contribution in [1.82, 2.24) is 4.90 Å². The van der Waals surface area contributed by atoms with Gasteiger partial charge in [-0.25, -0.2) is 0 Å². The second-order valence-corrected chi connectivity index (χ2v) is 7.11. The number of rotatable bonds is 7. The molecule has 0 bridgehead atoms. The van der Waals surface area contributed by atoms with Gasteiger partial charge in [0.15, 0.2) is 0 Å². The molecule has 1 heterocycles. The average molecular weight is 395 g/mol. The van der Waals surface area contributed by atoms with Crippen molar-refractivity contribution in [1.29, 1.82) is 0 Å². The first-order chi connectivity index (χ1) is 12.0. The number of nitrogens with zero attached hydrogens (tertiary/aromatic N) is 2. The van der Waals surface area contributed by atoms with Crippen LogP contribution in [0, 0.1) is 0 Å². The van der Waals surface area contributed by atoms with Crippen LogP contribution in [0.25, 0.3) is 0 Å². The third-order valence-corrected chi connectivity index (χ3v) is 5.59. The van der Waals surface area contributed by atoms with E-state index in [9.17, 15) is 9.59 Å². The van der Waals surface area contributed by atoms with Crippen molar-refractivity contribution in [3.63, 3.8) is 0 Å². The Bertz CT molecular complexity index is 746. The highest BCUT2D eigenvalue weighted by molar-refractivity contribution is 8.04. The third kappa shape index (κ3) is 4.65. The van der Waals surface area contributed by atoms with E-state index in [-0.39, 0.29) is 0 Å². The Morgan fingerprint density at radius 1 is 1.40 bits per heavy atom. The first-order valence-corrected chi connectivity index (χ1v) is 10.0. The first-order valence-electron chi connectivity index (χ1n) is 7.50. The van der Waals surface area contributed by atoms with Crippen LogP contribution in [0.4, 0.5) is 5.69 Å². The molecule has 0 atom stereocenters. The molecular formula is C17H18N2O3S3. The van der Waals surface area contributed by atoms with Crippen LogP contribution >= 0.6 is 35.7 Å². The van der Waals surface area contributed by atoms with Crippen LogP contribution in [0.2, 0.25) is 0 Å². The molecule has 1 aromatic carbocycles. The number of allylic oxidation sites excluding steroid dienone is 2. The summed E-state index contributed by atoms with van der Waals surface area (Å²) in [7, 11) is 0. The van der Waals surface area contributed by atoms with Gasteiger partial charge in [-0.05, 0) is 37.5 Å². The van der Waals surface area contributed by atoms with Gasteiger partial charge < -0.3 is 10.0 Å². The fraction of sp³-hybridized carbons (Fsp3) is 0.235. The zero-order chi connectivity index (χ0) is 18.4. The number of amides is 1. The monoisotopic (exact) mass is 394 g/mol. The van der Waals surface area contributed by atoms with E-state index in [2.05, 4.69) is 24.0 Å². The zero-order valence-corrected chi connectivity index (χ0v) is 16.3.